The summed E-state index contributed by atoms with van der Waals surface area (Å²) in [7, 11) is 0. The van der Waals surface area contributed by atoms with Gasteiger partial charge in [0.1, 0.15) is 0 Å². The number of rotatable bonds is 5. The van der Waals surface area contributed by atoms with E-state index in [1.807, 2.05) is 36.1 Å². The minimum absolute atomic E-state index is 0.0222. The third kappa shape index (κ3) is 3.89. The maximum absolute atomic E-state index is 13.2. The van der Waals surface area contributed by atoms with Crippen LogP contribution < -0.4 is 0 Å². The van der Waals surface area contributed by atoms with Crippen LogP contribution in [0.5, 0.6) is 0 Å². The lowest BCUT2D eigenvalue weighted by Crippen LogP contribution is -2.38. The topological polar surface area (TPSA) is 80.6 Å². The van der Waals surface area contributed by atoms with Crippen molar-refractivity contribution in [3.63, 3.8) is 0 Å². The number of carbonyl (C=O) groups is 2. The van der Waals surface area contributed by atoms with Crippen LogP contribution in [0.4, 0.5) is 0 Å². The highest BCUT2D eigenvalue weighted by Gasteiger charge is 2.35. The molecule has 0 aliphatic carbocycles. The molecule has 8 heteroatoms. The summed E-state index contributed by atoms with van der Waals surface area (Å²) in [6.45, 7) is 7.27. The van der Waals surface area contributed by atoms with Gasteiger partial charge in [-0.15, -0.1) is 10.2 Å². The Labute approximate surface area is 170 Å². The fourth-order valence-corrected chi connectivity index (χ4v) is 4.10. The second kappa shape index (κ2) is 8.32. The zero-order valence-corrected chi connectivity index (χ0v) is 17.0. The summed E-state index contributed by atoms with van der Waals surface area (Å²) < 4.78 is 7.51. The minimum atomic E-state index is -0.0734. The molecule has 2 aliphatic heterocycles. The molecule has 2 aliphatic rings. The van der Waals surface area contributed by atoms with Gasteiger partial charge in [0.2, 0.25) is 5.91 Å². The second-order valence-corrected chi connectivity index (χ2v) is 7.56. The summed E-state index contributed by atoms with van der Waals surface area (Å²) in [6, 6.07) is 7.56. The summed E-state index contributed by atoms with van der Waals surface area (Å²) in [5, 5.41) is 8.72. The van der Waals surface area contributed by atoms with Crippen LogP contribution >= 0.6 is 0 Å². The zero-order valence-electron chi connectivity index (χ0n) is 17.0. The van der Waals surface area contributed by atoms with Gasteiger partial charge >= 0.3 is 0 Å². The van der Waals surface area contributed by atoms with Crippen LogP contribution in [-0.4, -0.2) is 56.1 Å². The van der Waals surface area contributed by atoms with Crippen molar-refractivity contribution in [3.8, 4) is 0 Å². The van der Waals surface area contributed by atoms with E-state index in [2.05, 4.69) is 14.8 Å². The highest BCUT2D eigenvalue weighted by molar-refractivity contribution is 5.94. The highest BCUT2D eigenvalue weighted by atomic mass is 16.5. The first-order chi connectivity index (χ1) is 14.1. The van der Waals surface area contributed by atoms with Gasteiger partial charge in [-0.1, -0.05) is 12.1 Å². The average molecular weight is 397 g/mol. The molecule has 1 saturated heterocycles. The van der Waals surface area contributed by atoms with E-state index in [4.69, 9.17) is 4.74 Å². The fraction of sp³-hybridized carbons (Fsp3) is 0.524. The van der Waals surface area contributed by atoms with Crippen molar-refractivity contribution in [1.82, 2.24) is 24.6 Å². The summed E-state index contributed by atoms with van der Waals surface area (Å²) in [5.41, 5.74) is 1.74. The van der Waals surface area contributed by atoms with Gasteiger partial charge in [-0.3, -0.25) is 9.59 Å². The van der Waals surface area contributed by atoms with Gasteiger partial charge < -0.3 is 19.1 Å². The molecule has 1 aromatic heterocycles. The Morgan fingerprint density at radius 2 is 1.93 bits per heavy atom. The molecule has 1 atom stereocenters. The Bertz CT molecular complexity index is 892. The van der Waals surface area contributed by atoms with Gasteiger partial charge in [0.15, 0.2) is 11.6 Å². The first-order valence-corrected chi connectivity index (χ1v) is 10.2. The number of aromatic nitrogens is 3. The number of hydrogen-bond donors (Lipinski definition) is 0. The molecule has 0 N–H and O–H groups in total. The molecule has 0 bridgehead atoms. The lowest BCUT2D eigenvalue weighted by Gasteiger charge is -2.29. The number of amides is 2. The number of fused-ring (bicyclic) bond motifs is 1. The Morgan fingerprint density at radius 3 is 2.66 bits per heavy atom. The summed E-state index contributed by atoms with van der Waals surface area (Å²) in [4.78, 5) is 28.5. The Hall–Kier alpha value is -2.74. The first-order valence-electron chi connectivity index (χ1n) is 10.2. The number of nitrogens with zero attached hydrogens (tertiary/aromatic N) is 5. The molecule has 2 amide bonds. The predicted octanol–water partition coefficient (Wildman–Crippen LogP) is 2.15. The standard InChI is InChI=1S/C21H27N5O3/c1-3-29-14-16-6-8-17(9-7-16)21(28)25-10-4-5-18(25)20-23-22-19-13-24(15(2)27)11-12-26(19)20/h6-9,18H,3-5,10-14H2,1-2H3. The van der Waals surface area contributed by atoms with Crippen molar-refractivity contribution in [3.05, 3.63) is 47.0 Å². The quantitative estimate of drug-likeness (QED) is 0.772. The van der Waals surface area contributed by atoms with Crippen LogP contribution in [0, 0.1) is 0 Å². The average Bonchev–Trinajstić information content (AvgIpc) is 3.38. The number of likely N-dealkylation sites (tertiary alicyclic amines) is 1. The van der Waals surface area contributed by atoms with Crippen molar-refractivity contribution in [1.29, 1.82) is 0 Å². The maximum Gasteiger partial charge on any atom is 0.254 e. The Kier molecular flexibility index (Phi) is 5.62. The van der Waals surface area contributed by atoms with Gasteiger partial charge in [-0.25, -0.2) is 0 Å². The van der Waals surface area contributed by atoms with Crippen LogP contribution in [0.15, 0.2) is 24.3 Å². The van der Waals surface area contributed by atoms with Crippen LogP contribution in [0.1, 0.15) is 60.3 Å². The van der Waals surface area contributed by atoms with Gasteiger partial charge in [-0.05, 0) is 37.5 Å². The second-order valence-electron chi connectivity index (χ2n) is 7.56. The van der Waals surface area contributed by atoms with Crippen LogP contribution in [0.2, 0.25) is 0 Å². The lowest BCUT2D eigenvalue weighted by atomic mass is 10.1. The van der Waals surface area contributed by atoms with Gasteiger partial charge in [0, 0.05) is 38.7 Å². The molecule has 8 nitrogen and oxygen atoms in total. The summed E-state index contributed by atoms with van der Waals surface area (Å²) in [5.74, 6) is 1.70. The van der Waals surface area contributed by atoms with Gasteiger partial charge in [-0.2, -0.15) is 0 Å². The lowest BCUT2D eigenvalue weighted by molar-refractivity contribution is -0.130. The summed E-state index contributed by atoms with van der Waals surface area (Å²) in [6.07, 6.45) is 1.82. The van der Waals surface area contributed by atoms with Crippen LogP contribution in [0.3, 0.4) is 0 Å². The molecule has 2 aromatic rings. The number of ether oxygens (including phenoxy) is 1. The fourth-order valence-electron chi connectivity index (χ4n) is 4.10. The molecule has 0 saturated carbocycles. The van der Waals surface area contributed by atoms with E-state index in [1.54, 1.807) is 11.8 Å². The van der Waals surface area contributed by atoms with Crippen molar-refractivity contribution in [2.75, 3.05) is 19.7 Å². The molecule has 1 unspecified atom stereocenters. The monoisotopic (exact) mass is 397 g/mol. The van der Waals surface area contributed by atoms with Gasteiger partial charge in [0.05, 0.1) is 19.2 Å². The van der Waals surface area contributed by atoms with Gasteiger partial charge in [0.25, 0.3) is 5.91 Å². The van der Waals surface area contributed by atoms with E-state index in [9.17, 15) is 9.59 Å². The minimum Gasteiger partial charge on any atom is -0.377 e. The first kappa shape index (κ1) is 19.6. The number of hydrogen-bond acceptors (Lipinski definition) is 5. The SMILES string of the molecule is CCOCc1ccc(C(=O)N2CCCC2c2nnc3n2CCN(C(C)=O)C3)cc1. The third-order valence-electron chi connectivity index (χ3n) is 5.71. The van der Waals surface area contributed by atoms with Crippen molar-refractivity contribution in [2.45, 2.75) is 52.4 Å². The largest absolute Gasteiger partial charge is 0.377 e. The van der Waals surface area contributed by atoms with Crippen molar-refractivity contribution in [2.24, 2.45) is 0 Å². The molecular weight excluding hydrogens is 370 g/mol. The van der Waals surface area contributed by atoms with Crippen molar-refractivity contribution < 1.29 is 14.3 Å². The molecule has 3 heterocycles. The molecule has 29 heavy (non-hydrogen) atoms. The smallest absolute Gasteiger partial charge is 0.254 e. The van der Waals surface area contributed by atoms with E-state index in [0.717, 1.165) is 30.1 Å². The molecule has 0 spiro atoms. The Morgan fingerprint density at radius 1 is 1.14 bits per heavy atom. The van der Waals surface area contributed by atoms with E-state index in [0.29, 0.717) is 45.0 Å². The molecule has 154 valence electrons. The van der Waals surface area contributed by atoms with E-state index < -0.39 is 0 Å². The van der Waals surface area contributed by atoms with Crippen LogP contribution in [0.25, 0.3) is 0 Å². The predicted molar refractivity (Wildman–Crippen MR) is 106 cm³/mol. The zero-order chi connectivity index (χ0) is 20.4. The van der Waals surface area contributed by atoms with E-state index >= 15 is 0 Å². The van der Waals surface area contributed by atoms with Crippen molar-refractivity contribution >= 4 is 11.8 Å². The maximum atomic E-state index is 13.2. The van der Waals surface area contributed by atoms with E-state index in [-0.39, 0.29) is 17.9 Å². The highest BCUT2D eigenvalue weighted by Crippen LogP contribution is 2.33. The summed E-state index contributed by atoms with van der Waals surface area (Å²) >= 11 is 0. The molecular formula is C21H27N5O3. The number of carbonyl (C=O) groups excluding carboxylic acids is 2. The molecule has 1 aromatic carbocycles. The molecule has 4 rings (SSSR count). The van der Waals surface area contributed by atoms with Crippen LogP contribution in [-0.2, 0) is 29.2 Å². The van der Waals surface area contributed by atoms with E-state index in [1.165, 1.54) is 0 Å². The molecule has 1 fully saturated rings. The third-order valence-corrected chi connectivity index (χ3v) is 5.71. The molecule has 0 radical (unpaired) electrons. The Balaban J connectivity index is 1.51. The normalized spacial score (nSPS) is 18.8. The number of benzene rings is 1.